The van der Waals surface area contributed by atoms with Crippen molar-refractivity contribution < 1.29 is 9.53 Å². The van der Waals surface area contributed by atoms with Gasteiger partial charge in [0.15, 0.2) is 0 Å². The third kappa shape index (κ3) is 4.39. The smallest absolute Gasteiger partial charge is 0.223 e. The van der Waals surface area contributed by atoms with Gasteiger partial charge < -0.3 is 10.1 Å². The minimum atomic E-state index is -0.0908. The van der Waals surface area contributed by atoms with Gasteiger partial charge >= 0.3 is 0 Å². The molecule has 0 unspecified atom stereocenters. The number of hydrogen-bond acceptors (Lipinski definition) is 4. The number of nitrogens with zero attached hydrogens (tertiary/aromatic N) is 3. The van der Waals surface area contributed by atoms with Crippen LogP contribution in [0.15, 0.2) is 36.5 Å². The molecule has 1 aliphatic heterocycles. The normalized spacial score (nSPS) is 22.7. The van der Waals surface area contributed by atoms with Crippen molar-refractivity contribution in [1.29, 1.82) is 0 Å². The number of ether oxygens (including phenoxy) is 1. The Kier molecular flexibility index (Phi) is 5.02. The Hall–Kier alpha value is -2.21. The lowest BCUT2D eigenvalue weighted by Gasteiger charge is -2.21. The molecule has 0 fully saturated rings. The van der Waals surface area contributed by atoms with Crippen LogP contribution in [-0.4, -0.2) is 33.5 Å². The molecule has 23 heavy (non-hydrogen) atoms. The van der Waals surface area contributed by atoms with E-state index < -0.39 is 0 Å². The van der Waals surface area contributed by atoms with Crippen molar-refractivity contribution >= 4 is 5.91 Å². The Morgan fingerprint density at radius 1 is 1.35 bits per heavy atom. The highest BCUT2D eigenvalue weighted by atomic mass is 16.5. The zero-order valence-corrected chi connectivity index (χ0v) is 13.3. The lowest BCUT2D eigenvalue weighted by molar-refractivity contribution is -0.126. The first-order valence-corrected chi connectivity index (χ1v) is 8.02. The number of carbonyl (C=O) groups excluding carboxylic acids is 1. The van der Waals surface area contributed by atoms with Crippen molar-refractivity contribution in [2.45, 2.75) is 39.0 Å². The van der Waals surface area contributed by atoms with Gasteiger partial charge in [0.1, 0.15) is 5.69 Å². The number of nitrogens with one attached hydrogen (secondary N) is 1. The van der Waals surface area contributed by atoms with Gasteiger partial charge in [0.05, 0.1) is 19.4 Å². The van der Waals surface area contributed by atoms with E-state index in [4.69, 9.17) is 4.74 Å². The average molecular weight is 314 g/mol. The summed E-state index contributed by atoms with van der Waals surface area (Å²) in [6, 6.07) is 10.1. The number of rotatable bonds is 2. The minimum absolute atomic E-state index is 0.0183. The van der Waals surface area contributed by atoms with Crippen molar-refractivity contribution in [3.63, 3.8) is 0 Å². The second-order valence-electron chi connectivity index (χ2n) is 6.07. The van der Waals surface area contributed by atoms with Gasteiger partial charge in [-0.25, -0.2) is 0 Å². The Balaban J connectivity index is 1.75. The summed E-state index contributed by atoms with van der Waals surface area (Å²) in [4.78, 5) is 12.6. The maximum Gasteiger partial charge on any atom is 0.223 e. The fourth-order valence-electron chi connectivity index (χ4n) is 2.77. The van der Waals surface area contributed by atoms with Crippen LogP contribution in [0.2, 0.25) is 0 Å². The van der Waals surface area contributed by atoms with Gasteiger partial charge in [0.25, 0.3) is 0 Å². The molecule has 3 rings (SSSR count). The van der Waals surface area contributed by atoms with Crippen molar-refractivity contribution in [3.8, 4) is 0 Å². The molecule has 1 aromatic heterocycles. The Labute approximate surface area is 135 Å². The van der Waals surface area contributed by atoms with Gasteiger partial charge in [-0.2, -0.15) is 0 Å². The van der Waals surface area contributed by atoms with Crippen LogP contribution in [-0.2, 0) is 29.1 Å². The fraction of sp³-hybridized carbons (Fsp3) is 0.471. The van der Waals surface area contributed by atoms with E-state index in [1.54, 1.807) is 4.68 Å². The van der Waals surface area contributed by atoms with Crippen LogP contribution < -0.4 is 5.32 Å². The molecule has 2 aromatic rings. The predicted molar refractivity (Wildman–Crippen MR) is 85.5 cm³/mol. The molecule has 6 heteroatoms. The number of carbonyl (C=O) groups is 1. The SMILES string of the molecule is C[C@H]1COCc2cn(nn2)CC[C@@H](Cc2ccccc2)C(=O)N1. The molecule has 1 aromatic carbocycles. The second kappa shape index (κ2) is 7.37. The molecule has 0 radical (unpaired) electrons. The third-order valence-corrected chi connectivity index (χ3v) is 3.99. The summed E-state index contributed by atoms with van der Waals surface area (Å²) in [6.45, 7) is 3.52. The van der Waals surface area contributed by atoms with Crippen LogP contribution in [0.3, 0.4) is 0 Å². The number of amides is 1. The number of fused-ring (bicyclic) bond motifs is 2. The number of benzene rings is 1. The van der Waals surface area contributed by atoms with Crippen molar-refractivity contribution in [2.24, 2.45) is 5.92 Å². The zero-order chi connectivity index (χ0) is 16.1. The number of aryl methyl sites for hydroxylation is 1. The molecular weight excluding hydrogens is 292 g/mol. The van der Waals surface area contributed by atoms with Gasteiger partial charge in [0, 0.05) is 18.5 Å². The first-order valence-electron chi connectivity index (χ1n) is 8.02. The lowest BCUT2D eigenvalue weighted by Crippen LogP contribution is -2.40. The quantitative estimate of drug-likeness (QED) is 0.913. The number of aromatic nitrogens is 3. The van der Waals surface area contributed by atoms with Gasteiger partial charge in [-0.1, -0.05) is 35.5 Å². The predicted octanol–water partition coefficient (Wildman–Crippen LogP) is 1.56. The van der Waals surface area contributed by atoms with Crippen LogP contribution in [0.4, 0.5) is 0 Å². The van der Waals surface area contributed by atoms with Gasteiger partial charge in [0.2, 0.25) is 5.91 Å². The van der Waals surface area contributed by atoms with E-state index in [0.29, 0.717) is 19.8 Å². The Bertz CT molecular complexity index is 641. The van der Waals surface area contributed by atoms with Gasteiger partial charge in [-0.05, 0) is 25.3 Å². The maximum absolute atomic E-state index is 12.6. The first kappa shape index (κ1) is 15.7. The maximum atomic E-state index is 12.6. The highest BCUT2D eigenvalue weighted by molar-refractivity contribution is 5.79. The number of hydrogen-bond donors (Lipinski definition) is 1. The van der Waals surface area contributed by atoms with Crippen molar-refractivity contribution in [2.75, 3.05) is 6.61 Å². The average Bonchev–Trinajstić information content (AvgIpc) is 2.99. The molecule has 1 N–H and O–H groups in total. The molecule has 122 valence electrons. The van der Waals surface area contributed by atoms with Crippen LogP contribution in [0.25, 0.3) is 0 Å². The summed E-state index contributed by atoms with van der Waals surface area (Å²) in [6.07, 6.45) is 3.35. The highest BCUT2D eigenvalue weighted by Gasteiger charge is 2.21. The Morgan fingerprint density at radius 3 is 3.00 bits per heavy atom. The molecular formula is C17H22N4O2. The van der Waals surface area contributed by atoms with Gasteiger partial charge in [-0.3, -0.25) is 9.48 Å². The summed E-state index contributed by atoms with van der Waals surface area (Å²) in [5.41, 5.74) is 1.99. The molecule has 2 bridgehead atoms. The standard InChI is InChI=1S/C17H22N4O2/c1-13-11-23-12-16-10-21(20-19-16)8-7-15(17(22)18-13)9-14-5-3-2-4-6-14/h2-6,10,13,15H,7-9,11-12H2,1H3,(H,18,22)/t13-,15-/m0/s1. The molecule has 0 aliphatic carbocycles. The van der Waals surface area contributed by atoms with Crippen molar-refractivity contribution in [1.82, 2.24) is 20.3 Å². The minimum Gasteiger partial charge on any atom is -0.373 e. The molecule has 2 atom stereocenters. The van der Waals surface area contributed by atoms with Crippen LogP contribution in [0, 0.1) is 5.92 Å². The van der Waals surface area contributed by atoms with E-state index >= 15 is 0 Å². The van der Waals surface area contributed by atoms with E-state index in [9.17, 15) is 4.79 Å². The summed E-state index contributed by atoms with van der Waals surface area (Å²) in [7, 11) is 0. The van der Waals surface area contributed by atoms with E-state index in [1.165, 1.54) is 5.56 Å². The van der Waals surface area contributed by atoms with E-state index in [0.717, 1.165) is 18.5 Å². The molecule has 1 aliphatic rings. The summed E-state index contributed by atoms with van der Waals surface area (Å²) in [5.74, 6) is -0.0159. The second-order valence-corrected chi connectivity index (χ2v) is 6.07. The largest absolute Gasteiger partial charge is 0.373 e. The van der Waals surface area contributed by atoms with E-state index in [1.807, 2.05) is 31.3 Å². The molecule has 2 heterocycles. The fourth-order valence-corrected chi connectivity index (χ4v) is 2.77. The summed E-state index contributed by atoms with van der Waals surface area (Å²) >= 11 is 0. The monoisotopic (exact) mass is 314 g/mol. The van der Waals surface area contributed by atoms with Crippen LogP contribution >= 0.6 is 0 Å². The highest BCUT2D eigenvalue weighted by Crippen LogP contribution is 2.15. The Morgan fingerprint density at radius 2 is 2.17 bits per heavy atom. The third-order valence-electron chi connectivity index (χ3n) is 3.99. The zero-order valence-electron chi connectivity index (χ0n) is 13.3. The molecule has 6 nitrogen and oxygen atoms in total. The molecule has 0 spiro atoms. The topological polar surface area (TPSA) is 69.0 Å². The summed E-state index contributed by atoms with van der Waals surface area (Å²) in [5, 5.41) is 11.3. The molecule has 1 amide bonds. The van der Waals surface area contributed by atoms with Crippen LogP contribution in [0.1, 0.15) is 24.6 Å². The van der Waals surface area contributed by atoms with E-state index in [2.05, 4.69) is 27.8 Å². The first-order chi connectivity index (χ1) is 11.2. The summed E-state index contributed by atoms with van der Waals surface area (Å²) < 4.78 is 7.37. The molecule has 0 saturated carbocycles. The van der Waals surface area contributed by atoms with Crippen molar-refractivity contribution in [3.05, 3.63) is 47.8 Å². The van der Waals surface area contributed by atoms with Gasteiger partial charge in [-0.15, -0.1) is 5.10 Å². The molecule has 0 saturated heterocycles. The van der Waals surface area contributed by atoms with E-state index in [-0.39, 0.29) is 17.9 Å². The lowest BCUT2D eigenvalue weighted by atomic mass is 9.95. The van der Waals surface area contributed by atoms with Crippen LogP contribution in [0.5, 0.6) is 0 Å².